The first-order chi connectivity index (χ1) is 11.8. The van der Waals surface area contributed by atoms with E-state index in [9.17, 15) is 0 Å². The Morgan fingerprint density at radius 1 is 1.29 bits per heavy atom. The third-order valence-electron chi connectivity index (χ3n) is 3.81. The number of nitrogens with zero attached hydrogens (tertiary/aromatic N) is 6. The van der Waals surface area contributed by atoms with Gasteiger partial charge in [0.05, 0.1) is 6.54 Å². The maximum absolute atomic E-state index is 4.73. The molecule has 1 fully saturated rings. The minimum Gasteiger partial charge on any atom is -0.357 e. The Morgan fingerprint density at radius 2 is 2.12 bits per heavy atom. The summed E-state index contributed by atoms with van der Waals surface area (Å²) < 4.78 is 4.38. The summed E-state index contributed by atoms with van der Waals surface area (Å²) in [4.78, 5) is 18.3. The normalized spacial score (nSPS) is 15.8. The first kappa shape index (κ1) is 17.1. The lowest BCUT2D eigenvalue weighted by Crippen LogP contribution is -2.52. The number of hydrogen-bond acceptors (Lipinski definition) is 7. The Bertz CT molecular complexity index is 645. The van der Waals surface area contributed by atoms with E-state index in [2.05, 4.69) is 43.3 Å². The zero-order valence-corrected chi connectivity index (χ0v) is 15.7. The van der Waals surface area contributed by atoms with Crippen molar-refractivity contribution in [2.75, 3.05) is 37.6 Å². The molecule has 130 valence electrons. The fraction of sp³-hybridized carbons (Fsp3) is 0.600. The Balaban J connectivity index is 1.59. The first-order valence-electron chi connectivity index (χ1n) is 8.29. The summed E-state index contributed by atoms with van der Waals surface area (Å²) in [5.74, 6) is 1.91. The van der Waals surface area contributed by atoms with E-state index in [0.29, 0.717) is 6.54 Å². The van der Waals surface area contributed by atoms with Gasteiger partial charge in [0.1, 0.15) is 10.8 Å². The number of guanidine groups is 1. The summed E-state index contributed by atoms with van der Waals surface area (Å²) in [6, 6.07) is 0. The zero-order valence-electron chi connectivity index (χ0n) is 14.1. The molecule has 7 nitrogen and oxygen atoms in total. The number of nitrogens with one attached hydrogen (secondary N) is 1. The summed E-state index contributed by atoms with van der Waals surface area (Å²) in [6.45, 7) is 9.45. The van der Waals surface area contributed by atoms with Gasteiger partial charge in [-0.3, -0.25) is 0 Å². The molecule has 1 aliphatic rings. The van der Waals surface area contributed by atoms with Crippen molar-refractivity contribution >= 4 is 34.0 Å². The van der Waals surface area contributed by atoms with Gasteiger partial charge in [-0.05, 0) is 6.92 Å². The van der Waals surface area contributed by atoms with Crippen molar-refractivity contribution in [2.45, 2.75) is 26.8 Å². The van der Waals surface area contributed by atoms with Crippen molar-refractivity contribution in [2.24, 2.45) is 4.99 Å². The van der Waals surface area contributed by atoms with Crippen LogP contribution in [0.25, 0.3) is 0 Å². The molecule has 3 rings (SSSR count). The molecule has 0 radical (unpaired) electrons. The van der Waals surface area contributed by atoms with Gasteiger partial charge in [-0.15, -0.1) is 11.3 Å². The molecule has 2 aromatic heterocycles. The molecule has 2 aromatic rings. The lowest BCUT2D eigenvalue weighted by atomic mass is 10.3. The molecule has 0 saturated carbocycles. The molecule has 0 unspecified atom stereocenters. The van der Waals surface area contributed by atoms with E-state index < -0.39 is 0 Å². The van der Waals surface area contributed by atoms with Crippen molar-refractivity contribution in [1.29, 1.82) is 0 Å². The highest BCUT2D eigenvalue weighted by Crippen LogP contribution is 2.19. The second-order valence-corrected chi connectivity index (χ2v) is 7.13. The highest BCUT2D eigenvalue weighted by atomic mass is 32.1. The van der Waals surface area contributed by atoms with Crippen LogP contribution in [-0.4, -0.2) is 57.9 Å². The number of aryl methyl sites for hydroxylation is 1. The minimum absolute atomic E-state index is 0.635. The van der Waals surface area contributed by atoms with Crippen molar-refractivity contribution in [3.63, 3.8) is 0 Å². The smallest absolute Gasteiger partial charge is 0.205 e. The molecular weight excluding hydrogens is 342 g/mol. The maximum Gasteiger partial charge on any atom is 0.205 e. The summed E-state index contributed by atoms with van der Waals surface area (Å²) >= 11 is 3.15. The highest BCUT2D eigenvalue weighted by molar-refractivity contribution is 7.09. The molecule has 0 aliphatic carbocycles. The minimum atomic E-state index is 0.635. The molecule has 1 saturated heterocycles. The second kappa shape index (κ2) is 8.39. The third kappa shape index (κ3) is 4.21. The van der Waals surface area contributed by atoms with Crippen LogP contribution in [0.1, 0.15) is 24.7 Å². The van der Waals surface area contributed by atoms with Crippen molar-refractivity contribution in [3.05, 3.63) is 22.4 Å². The van der Waals surface area contributed by atoms with Crippen LogP contribution < -0.4 is 10.2 Å². The van der Waals surface area contributed by atoms with Gasteiger partial charge >= 0.3 is 0 Å². The lowest BCUT2D eigenvalue weighted by molar-refractivity contribution is 0.372. The van der Waals surface area contributed by atoms with Crippen molar-refractivity contribution in [1.82, 2.24) is 24.6 Å². The van der Waals surface area contributed by atoms with Gasteiger partial charge in [-0.25, -0.2) is 15.0 Å². The Morgan fingerprint density at radius 3 is 2.75 bits per heavy atom. The van der Waals surface area contributed by atoms with Crippen LogP contribution in [0.4, 0.5) is 5.13 Å². The average Bonchev–Trinajstić information content (AvgIpc) is 3.30. The quantitative estimate of drug-likeness (QED) is 0.644. The van der Waals surface area contributed by atoms with Gasteiger partial charge in [0, 0.05) is 62.3 Å². The van der Waals surface area contributed by atoms with E-state index in [1.54, 1.807) is 11.3 Å². The van der Waals surface area contributed by atoms with Gasteiger partial charge in [-0.2, -0.15) is 4.37 Å². The molecule has 3 heterocycles. The van der Waals surface area contributed by atoms with E-state index in [0.717, 1.165) is 61.1 Å². The zero-order chi connectivity index (χ0) is 16.8. The van der Waals surface area contributed by atoms with Crippen LogP contribution >= 0.6 is 22.9 Å². The Kier molecular flexibility index (Phi) is 5.97. The van der Waals surface area contributed by atoms with Crippen molar-refractivity contribution in [3.8, 4) is 0 Å². The second-order valence-electron chi connectivity index (χ2n) is 5.42. The largest absolute Gasteiger partial charge is 0.357 e. The summed E-state index contributed by atoms with van der Waals surface area (Å²) in [7, 11) is 0. The molecule has 0 spiro atoms. The van der Waals surface area contributed by atoms with E-state index in [4.69, 9.17) is 4.99 Å². The fourth-order valence-corrected chi connectivity index (χ4v) is 3.87. The van der Waals surface area contributed by atoms with Gasteiger partial charge in [0.25, 0.3) is 0 Å². The number of aliphatic imine (C=N–C) groups is 1. The maximum atomic E-state index is 4.73. The topological polar surface area (TPSA) is 69.5 Å². The summed E-state index contributed by atoms with van der Waals surface area (Å²) in [5, 5.41) is 7.47. The van der Waals surface area contributed by atoms with E-state index in [-0.39, 0.29) is 0 Å². The number of aromatic nitrogens is 3. The van der Waals surface area contributed by atoms with Gasteiger partial charge in [0.2, 0.25) is 5.13 Å². The standard InChI is InChI=1S/C15H23N7S2/c1-3-12-19-15(24-20-12)22-8-6-21(7-9-22)14(16-4-2)18-11-13-17-5-10-23-13/h5,10H,3-4,6-9,11H2,1-2H3,(H,16,18). The highest BCUT2D eigenvalue weighted by Gasteiger charge is 2.22. The predicted octanol–water partition coefficient (Wildman–Crippen LogP) is 1.84. The number of thiazole rings is 1. The van der Waals surface area contributed by atoms with E-state index in [1.165, 1.54) is 11.5 Å². The van der Waals surface area contributed by atoms with Gasteiger partial charge in [-0.1, -0.05) is 6.92 Å². The number of piperazine rings is 1. The molecular formula is C15H23N7S2. The molecule has 24 heavy (non-hydrogen) atoms. The summed E-state index contributed by atoms with van der Waals surface area (Å²) in [6.07, 6.45) is 2.72. The van der Waals surface area contributed by atoms with E-state index >= 15 is 0 Å². The molecule has 0 bridgehead atoms. The number of rotatable bonds is 5. The Hall–Kier alpha value is -1.74. The fourth-order valence-electron chi connectivity index (χ4n) is 2.53. The molecule has 0 atom stereocenters. The molecule has 0 amide bonds. The lowest BCUT2D eigenvalue weighted by Gasteiger charge is -2.36. The van der Waals surface area contributed by atoms with Crippen molar-refractivity contribution < 1.29 is 0 Å². The van der Waals surface area contributed by atoms with Crippen LogP contribution in [0.15, 0.2) is 16.6 Å². The Labute approximate surface area is 150 Å². The molecule has 0 aromatic carbocycles. The third-order valence-corrected chi connectivity index (χ3v) is 5.38. The van der Waals surface area contributed by atoms with Crippen LogP contribution in [0.5, 0.6) is 0 Å². The van der Waals surface area contributed by atoms with Crippen LogP contribution in [0, 0.1) is 0 Å². The SMILES string of the molecule is CCNC(=NCc1nccs1)N1CCN(c2nc(CC)ns2)CC1. The monoisotopic (exact) mass is 365 g/mol. The predicted molar refractivity (Wildman–Crippen MR) is 100 cm³/mol. The molecule has 1 aliphatic heterocycles. The summed E-state index contributed by atoms with van der Waals surface area (Å²) in [5.41, 5.74) is 0. The van der Waals surface area contributed by atoms with Gasteiger partial charge < -0.3 is 15.1 Å². The van der Waals surface area contributed by atoms with Gasteiger partial charge in [0.15, 0.2) is 5.96 Å². The number of anilines is 1. The van der Waals surface area contributed by atoms with E-state index in [1.807, 2.05) is 11.6 Å². The molecule has 9 heteroatoms. The van der Waals surface area contributed by atoms with Crippen LogP contribution in [-0.2, 0) is 13.0 Å². The first-order valence-corrected chi connectivity index (χ1v) is 9.94. The number of hydrogen-bond donors (Lipinski definition) is 1. The van der Waals surface area contributed by atoms with Crippen LogP contribution in [0.3, 0.4) is 0 Å². The van der Waals surface area contributed by atoms with Crippen LogP contribution in [0.2, 0.25) is 0 Å². The molecule has 1 N–H and O–H groups in total. The average molecular weight is 366 g/mol.